The Hall–Kier alpha value is -3.23. The maximum absolute atomic E-state index is 12.7. The third-order valence-corrected chi connectivity index (χ3v) is 4.19. The number of nitrogens with zero attached hydrogens (tertiary/aromatic N) is 2. The average Bonchev–Trinajstić information content (AvgIpc) is 2.70. The molecular formula is C21H25F3N4O2. The first-order chi connectivity index (χ1) is 14.2. The first-order valence-electron chi connectivity index (χ1n) is 9.43. The van der Waals surface area contributed by atoms with Gasteiger partial charge in [0.25, 0.3) is 5.91 Å². The van der Waals surface area contributed by atoms with Crippen molar-refractivity contribution in [1.29, 1.82) is 0 Å². The maximum Gasteiger partial charge on any atom is 0.416 e. The lowest BCUT2D eigenvalue weighted by Gasteiger charge is -2.22. The minimum absolute atomic E-state index is 0.0857. The Balaban J connectivity index is 1.90. The Morgan fingerprint density at radius 1 is 1.07 bits per heavy atom. The molecule has 0 aliphatic heterocycles. The minimum atomic E-state index is -4.36. The number of hydrogen-bond donors (Lipinski definition) is 3. The number of alkyl halides is 3. The summed E-state index contributed by atoms with van der Waals surface area (Å²) < 4.78 is 38.1. The van der Waals surface area contributed by atoms with Crippen molar-refractivity contribution in [3.05, 3.63) is 65.2 Å². The molecule has 0 aliphatic rings. The van der Waals surface area contributed by atoms with Crippen LogP contribution in [0.15, 0.2) is 53.5 Å². The summed E-state index contributed by atoms with van der Waals surface area (Å²) in [6, 6.07) is 10.9. The summed E-state index contributed by atoms with van der Waals surface area (Å²) in [5.74, 6) is 0.395. The van der Waals surface area contributed by atoms with Crippen molar-refractivity contribution in [2.45, 2.75) is 19.6 Å². The molecule has 3 N–H and O–H groups in total. The molecule has 2 rings (SSSR count). The van der Waals surface area contributed by atoms with Crippen LogP contribution in [0.3, 0.4) is 0 Å². The quantitative estimate of drug-likeness (QED) is 0.364. The molecule has 0 bridgehead atoms. The Labute approximate surface area is 173 Å². The number of benzene rings is 2. The zero-order valence-electron chi connectivity index (χ0n) is 16.8. The normalized spacial score (nSPS) is 11.8. The van der Waals surface area contributed by atoms with Gasteiger partial charge in [0.1, 0.15) is 5.75 Å². The van der Waals surface area contributed by atoms with Crippen LogP contribution in [-0.2, 0) is 12.7 Å². The van der Waals surface area contributed by atoms with Crippen LogP contribution in [0.25, 0.3) is 0 Å². The van der Waals surface area contributed by atoms with E-state index >= 15 is 0 Å². The number of halogens is 3. The number of phenols is 1. The van der Waals surface area contributed by atoms with Gasteiger partial charge in [0.15, 0.2) is 5.96 Å². The van der Waals surface area contributed by atoms with Crippen LogP contribution in [0.2, 0.25) is 0 Å². The molecule has 30 heavy (non-hydrogen) atoms. The van der Waals surface area contributed by atoms with E-state index in [1.165, 1.54) is 36.4 Å². The summed E-state index contributed by atoms with van der Waals surface area (Å²) >= 11 is 0. The van der Waals surface area contributed by atoms with Gasteiger partial charge in [-0.25, -0.2) is 0 Å². The topological polar surface area (TPSA) is 77.0 Å². The minimum Gasteiger partial charge on any atom is -0.508 e. The van der Waals surface area contributed by atoms with Gasteiger partial charge in [-0.15, -0.1) is 0 Å². The zero-order chi connectivity index (χ0) is 22.1. The van der Waals surface area contributed by atoms with Gasteiger partial charge in [-0.05, 0) is 48.9 Å². The van der Waals surface area contributed by atoms with Crippen molar-refractivity contribution in [2.24, 2.45) is 4.99 Å². The van der Waals surface area contributed by atoms with E-state index in [1.54, 1.807) is 11.9 Å². The lowest BCUT2D eigenvalue weighted by Crippen LogP contribution is -2.39. The van der Waals surface area contributed by atoms with Gasteiger partial charge in [-0.3, -0.25) is 9.79 Å². The van der Waals surface area contributed by atoms with Gasteiger partial charge in [-0.1, -0.05) is 12.1 Å². The number of nitrogens with one attached hydrogen (secondary N) is 2. The second kappa shape index (κ2) is 10.5. The Morgan fingerprint density at radius 3 is 2.27 bits per heavy atom. The molecule has 0 atom stereocenters. The first-order valence-corrected chi connectivity index (χ1v) is 9.43. The van der Waals surface area contributed by atoms with E-state index in [9.17, 15) is 23.1 Å². The van der Waals surface area contributed by atoms with E-state index < -0.39 is 11.7 Å². The Kier molecular flexibility index (Phi) is 8.08. The number of aromatic hydroxyl groups is 1. The number of rotatable bonds is 7. The van der Waals surface area contributed by atoms with Crippen molar-refractivity contribution in [1.82, 2.24) is 15.5 Å². The van der Waals surface area contributed by atoms with Crippen LogP contribution in [0.4, 0.5) is 13.2 Å². The van der Waals surface area contributed by atoms with Crippen molar-refractivity contribution in [2.75, 3.05) is 26.7 Å². The molecule has 0 saturated carbocycles. The summed E-state index contributed by atoms with van der Waals surface area (Å²) in [7, 11) is 1.79. The molecule has 0 radical (unpaired) electrons. The van der Waals surface area contributed by atoms with E-state index in [0.29, 0.717) is 37.7 Å². The maximum atomic E-state index is 12.7. The highest BCUT2D eigenvalue weighted by molar-refractivity contribution is 5.94. The number of phenolic OH excluding ortho intramolecular Hbond substituents is 1. The lowest BCUT2D eigenvalue weighted by atomic mass is 10.1. The van der Waals surface area contributed by atoms with Crippen molar-refractivity contribution >= 4 is 11.9 Å². The molecule has 9 heteroatoms. The number of hydrogen-bond acceptors (Lipinski definition) is 3. The fourth-order valence-corrected chi connectivity index (χ4v) is 2.66. The second-order valence-corrected chi connectivity index (χ2v) is 6.59. The molecule has 0 spiro atoms. The number of carbonyl (C=O) groups excluding carboxylic acids is 1. The van der Waals surface area contributed by atoms with Gasteiger partial charge in [0.05, 0.1) is 12.1 Å². The smallest absolute Gasteiger partial charge is 0.416 e. The molecule has 0 unspecified atom stereocenters. The lowest BCUT2D eigenvalue weighted by molar-refractivity contribution is -0.137. The monoisotopic (exact) mass is 422 g/mol. The third-order valence-electron chi connectivity index (χ3n) is 4.19. The van der Waals surface area contributed by atoms with Gasteiger partial charge in [0.2, 0.25) is 0 Å². The van der Waals surface area contributed by atoms with Crippen LogP contribution in [-0.4, -0.2) is 48.6 Å². The highest BCUT2D eigenvalue weighted by atomic mass is 19.4. The van der Waals surface area contributed by atoms with Crippen molar-refractivity contribution in [3.63, 3.8) is 0 Å². The average molecular weight is 422 g/mol. The molecule has 0 saturated heterocycles. The molecule has 0 fully saturated rings. The molecule has 2 aromatic rings. The third kappa shape index (κ3) is 6.98. The summed E-state index contributed by atoms with van der Waals surface area (Å²) in [6.07, 6.45) is -4.36. The van der Waals surface area contributed by atoms with Gasteiger partial charge >= 0.3 is 6.18 Å². The first kappa shape index (κ1) is 23.1. The Morgan fingerprint density at radius 2 is 1.70 bits per heavy atom. The number of guanidine groups is 1. The van der Waals surface area contributed by atoms with Crippen molar-refractivity contribution in [3.8, 4) is 5.75 Å². The predicted octanol–water partition coefficient (Wildman–Crippen LogP) is 3.24. The molecule has 1 amide bonds. The zero-order valence-corrected chi connectivity index (χ0v) is 16.8. The highest BCUT2D eigenvalue weighted by Crippen LogP contribution is 2.29. The largest absolute Gasteiger partial charge is 0.508 e. The van der Waals surface area contributed by atoms with Gasteiger partial charge in [0, 0.05) is 32.2 Å². The molecule has 0 aromatic heterocycles. The van der Waals surface area contributed by atoms with E-state index in [1.807, 2.05) is 6.92 Å². The molecule has 162 valence electrons. The molecule has 0 heterocycles. The van der Waals surface area contributed by atoms with E-state index in [4.69, 9.17) is 0 Å². The molecule has 6 nitrogen and oxygen atoms in total. The SMILES string of the molecule is CCNC(=NCCNC(=O)c1ccc(O)cc1)N(C)Cc1ccc(C(F)(F)F)cc1. The second-order valence-electron chi connectivity index (χ2n) is 6.59. The van der Waals surface area contributed by atoms with Crippen LogP contribution in [0.5, 0.6) is 5.75 Å². The standard InChI is InChI=1S/C21H25F3N4O2/c1-3-25-20(27-13-12-26-19(30)16-6-10-18(29)11-7-16)28(2)14-15-4-8-17(9-5-15)21(22,23)24/h4-11,29H,3,12-14H2,1-2H3,(H,25,27)(H,26,30). The fraction of sp³-hybridized carbons (Fsp3) is 0.333. The van der Waals surface area contributed by atoms with Crippen molar-refractivity contribution < 1.29 is 23.1 Å². The molecule has 2 aromatic carbocycles. The van der Waals surface area contributed by atoms with E-state index in [2.05, 4.69) is 15.6 Å². The number of carbonyl (C=O) groups is 1. The summed E-state index contributed by atoms with van der Waals surface area (Å²) in [4.78, 5) is 18.3. The van der Waals surface area contributed by atoms with Crippen LogP contribution in [0, 0.1) is 0 Å². The summed E-state index contributed by atoms with van der Waals surface area (Å²) in [6.45, 7) is 3.54. The highest BCUT2D eigenvalue weighted by Gasteiger charge is 2.29. The van der Waals surface area contributed by atoms with Crippen LogP contribution >= 0.6 is 0 Å². The van der Waals surface area contributed by atoms with Gasteiger partial charge < -0.3 is 20.6 Å². The predicted molar refractivity (Wildman–Crippen MR) is 109 cm³/mol. The van der Waals surface area contributed by atoms with E-state index in [0.717, 1.165) is 17.7 Å². The van der Waals surface area contributed by atoms with Crippen LogP contribution < -0.4 is 10.6 Å². The summed E-state index contributed by atoms with van der Waals surface area (Å²) in [5, 5.41) is 15.1. The number of amides is 1. The fourth-order valence-electron chi connectivity index (χ4n) is 2.66. The van der Waals surface area contributed by atoms with Crippen LogP contribution in [0.1, 0.15) is 28.4 Å². The molecular weight excluding hydrogens is 397 g/mol. The van der Waals surface area contributed by atoms with Gasteiger partial charge in [-0.2, -0.15) is 13.2 Å². The summed E-state index contributed by atoms with van der Waals surface area (Å²) in [5.41, 5.74) is 0.471. The number of aliphatic imine (C=N–C) groups is 1. The molecule has 0 aliphatic carbocycles. The van der Waals surface area contributed by atoms with E-state index in [-0.39, 0.29) is 11.7 Å². The Bertz CT molecular complexity index is 850.